The van der Waals surface area contributed by atoms with Gasteiger partial charge in [-0.3, -0.25) is 0 Å². The van der Waals surface area contributed by atoms with Crippen molar-refractivity contribution in [3.8, 4) is 68.3 Å². The van der Waals surface area contributed by atoms with Gasteiger partial charge in [0.1, 0.15) is 0 Å². The van der Waals surface area contributed by atoms with E-state index in [-0.39, 0.29) is 5.41 Å². The maximum atomic E-state index is 5.25. The Bertz CT molecular complexity index is 3200. The molecule has 9 aromatic rings. The molecule has 292 valence electrons. The van der Waals surface area contributed by atoms with Gasteiger partial charge in [0.15, 0.2) is 34.9 Å². The first-order valence-corrected chi connectivity index (χ1v) is 22.1. The molecule has 61 heavy (non-hydrogen) atoms. The molecule has 7 heteroatoms. The molecule has 2 atom stereocenters. The van der Waals surface area contributed by atoms with Crippen LogP contribution in [0.2, 0.25) is 0 Å². The summed E-state index contributed by atoms with van der Waals surface area (Å²) in [5.41, 5.74) is 8.70. The first-order valence-electron chi connectivity index (χ1n) is 21.3. The molecule has 0 saturated heterocycles. The average Bonchev–Trinajstić information content (AvgIpc) is 3.85. The topological polar surface area (TPSA) is 77.3 Å². The highest BCUT2D eigenvalue weighted by molar-refractivity contribution is 7.25. The van der Waals surface area contributed by atoms with Crippen LogP contribution < -0.4 is 0 Å². The molecule has 1 fully saturated rings. The molecule has 1 spiro atoms. The summed E-state index contributed by atoms with van der Waals surface area (Å²) in [6, 6.07) is 50.6. The van der Waals surface area contributed by atoms with E-state index >= 15 is 0 Å². The molecule has 6 nitrogen and oxygen atoms in total. The van der Waals surface area contributed by atoms with Gasteiger partial charge in [-0.05, 0) is 54.2 Å². The van der Waals surface area contributed by atoms with Crippen molar-refractivity contribution in [3.63, 3.8) is 0 Å². The molecule has 3 aromatic heterocycles. The molecular formula is C54H40N6S. The van der Waals surface area contributed by atoms with Crippen LogP contribution in [0.15, 0.2) is 170 Å². The number of fused-ring (bicyclic) bond motifs is 8. The number of thiophene rings is 1. The largest absolute Gasteiger partial charge is 0.208 e. The first-order chi connectivity index (χ1) is 30.2. The SMILES string of the molecule is C1=CC2c3cc(-c4nc(-c5ccccc5)nc(-c5cccc(-c6nc(-c7ccccc7)nc(-c7cccc8sc9ccccc9c78)n6)c5)n4)ccc3C3(CCCCC3)C2C=C1. The lowest BCUT2D eigenvalue weighted by Crippen LogP contribution is -2.34. The summed E-state index contributed by atoms with van der Waals surface area (Å²) in [6.07, 6.45) is 15.8. The maximum Gasteiger partial charge on any atom is 0.164 e. The van der Waals surface area contributed by atoms with Crippen LogP contribution in [0.4, 0.5) is 0 Å². The van der Waals surface area contributed by atoms with Gasteiger partial charge < -0.3 is 0 Å². The number of aromatic nitrogens is 6. The van der Waals surface area contributed by atoms with Gasteiger partial charge in [-0.25, -0.2) is 29.9 Å². The number of nitrogens with zero attached hydrogens (tertiary/aromatic N) is 6. The fourth-order valence-electron chi connectivity index (χ4n) is 10.3. The van der Waals surface area contributed by atoms with E-state index in [1.54, 1.807) is 11.3 Å². The van der Waals surface area contributed by atoms with Crippen molar-refractivity contribution in [2.45, 2.75) is 43.4 Å². The Balaban J connectivity index is 0.998. The monoisotopic (exact) mass is 804 g/mol. The molecule has 0 aliphatic heterocycles. The van der Waals surface area contributed by atoms with Crippen LogP contribution in [0.1, 0.15) is 49.1 Å². The number of allylic oxidation sites excluding steroid dienone is 4. The third-order valence-corrected chi connectivity index (χ3v) is 14.2. The van der Waals surface area contributed by atoms with Crippen LogP contribution >= 0.6 is 11.3 Å². The normalized spacial score (nSPS) is 17.5. The molecular weight excluding hydrogens is 765 g/mol. The molecule has 0 bridgehead atoms. The minimum atomic E-state index is 0.206. The Labute approximate surface area is 358 Å². The fraction of sp³-hybridized carbons (Fsp3) is 0.148. The van der Waals surface area contributed by atoms with Gasteiger partial charge >= 0.3 is 0 Å². The Kier molecular flexibility index (Phi) is 8.63. The molecule has 3 aliphatic carbocycles. The van der Waals surface area contributed by atoms with Crippen LogP contribution in [0.25, 0.3) is 88.5 Å². The average molecular weight is 805 g/mol. The van der Waals surface area contributed by atoms with E-state index in [2.05, 4.69) is 115 Å². The van der Waals surface area contributed by atoms with Gasteiger partial charge in [0.2, 0.25) is 0 Å². The van der Waals surface area contributed by atoms with E-state index in [0.29, 0.717) is 46.8 Å². The highest BCUT2D eigenvalue weighted by Crippen LogP contribution is 2.59. The van der Waals surface area contributed by atoms with E-state index in [9.17, 15) is 0 Å². The quantitative estimate of drug-likeness (QED) is 0.167. The summed E-state index contributed by atoms with van der Waals surface area (Å²) in [5, 5.41) is 2.36. The Morgan fingerprint density at radius 1 is 0.443 bits per heavy atom. The van der Waals surface area contributed by atoms with Crippen molar-refractivity contribution in [2.75, 3.05) is 0 Å². The summed E-state index contributed by atoms with van der Waals surface area (Å²) in [6.45, 7) is 0. The van der Waals surface area contributed by atoms with Gasteiger partial charge in [0.05, 0.1) is 0 Å². The summed E-state index contributed by atoms with van der Waals surface area (Å²) in [4.78, 5) is 31.0. The third kappa shape index (κ3) is 6.14. The smallest absolute Gasteiger partial charge is 0.164 e. The van der Waals surface area contributed by atoms with Gasteiger partial charge in [-0.2, -0.15) is 0 Å². The second-order valence-corrected chi connectivity index (χ2v) is 17.6. The summed E-state index contributed by atoms with van der Waals surface area (Å²) < 4.78 is 2.44. The lowest BCUT2D eigenvalue weighted by molar-refractivity contribution is 0.233. The zero-order valence-corrected chi connectivity index (χ0v) is 34.3. The van der Waals surface area contributed by atoms with Gasteiger partial charge in [-0.1, -0.05) is 165 Å². The predicted octanol–water partition coefficient (Wildman–Crippen LogP) is 13.5. The molecule has 12 rings (SSSR count). The van der Waals surface area contributed by atoms with Crippen molar-refractivity contribution in [2.24, 2.45) is 5.92 Å². The minimum absolute atomic E-state index is 0.206. The van der Waals surface area contributed by atoms with E-state index in [4.69, 9.17) is 29.9 Å². The second kappa shape index (κ2) is 14.6. The number of hydrogen-bond donors (Lipinski definition) is 0. The third-order valence-electron chi connectivity index (χ3n) is 13.1. The van der Waals surface area contributed by atoms with E-state index in [0.717, 1.165) is 38.8 Å². The molecule has 3 heterocycles. The van der Waals surface area contributed by atoms with Crippen LogP contribution in [-0.2, 0) is 5.41 Å². The summed E-state index contributed by atoms with van der Waals surface area (Å²) in [5.74, 6) is 4.59. The Morgan fingerprint density at radius 3 is 1.67 bits per heavy atom. The molecule has 3 aliphatic rings. The van der Waals surface area contributed by atoms with E-state index < -0.39 is 0 Å². The highest BCUT2D eigenvalue weighted by Gasteiger charge is 2.50. The molecule has 0 amide bonds. The number of benzene rings is 6. The van der Waals surface area contributed by atoms with Gasteiger partial charge in [-0.15, -0.1) is 11.3 Å². The molecule has 1 saturated carbocycles. The lowest BCUT2D eigenvalue weighted by atomic mass is 9.63. The van der Waals surface area contributed by atoms with Crippen LogP contribution in [0.3, 0.4) is 0 Å². The van der Waals surface area contributed by atoms with E-state index in [1.807, 2.05) is 54.6 Å². The van der Waals surface area contributed by atoms with Gasteiger partial charge in [0.25, 0.3) is 0 Å². The summed E-state index contributed by atoms with van der Waals surface area (Å²) in [7, 11) is 0. The van der Waals surface area contributed by atoms with Crippen molar-refractivity contribution in [1.29, 1.82) is 0 Å². The Morgan fingerprint density at radius 2 is 0.984 bits per heavy atom. The predicted molar refractivity (Wildman–Crippen MR) is 248 cm³/mol. The highest BCUT2D eigenvalue weighted by atomic mass is 32.1. The zero-order chi connectivity index (χ0) is 40.3. The van der Waals surface area contributed by atoms with Crippen molar-refractivity contribution < 1.29 is 0 Å². The molecule has 6 aromatic carbocycles. The van der Waals surface area contributed by atoms with Crippen LogP contribution in [-0.4, -0.2) is 29.9 Å². The number of rotatable bonds is 6. The molecule has 2 unspecified atom stereocenters. The minimum Gasteiger partial charge on any atom is -0.208 e. The maximum absolute atomic E-state index is 5.25. The lowest BCUT2D eigenvalue weighted by Gasteiger charge is -2.40. The summed E-state index contributed by atoms with van der Waals surface area (Å²) >= 11 is 1.79. The number of hydrogen-bond acceptors (Lipinski definition) is 7. The molecule has 0 N–H and O–H groups in total. The van der Waals surface area contributed by atoms with Crippen LogP contribution in [0, 0.1) is 5.92 Å². The Hall–Kier alpha value is -6.96. The second-order valence-electron chi connectivity index (χ2n) is 16.5. The first kappa shape index (κ1) is 35.9. The van der Waals surface area contributed by atoms with Gasteiger partial charge in [0, 0.05) is 64.9 Å². The zero-order valence-electron chi connectivity index (χ0n) is 33.4. The van der Waals surface area contributed by atoms with Crippen molar-refractivity contribution in [3.05, 3.63) is 181 Å². The fourth-order valence-corrected chi connectivity index (χ4v) is 11.4. The van der Waals surface area contributed by atoms with Crippen LogP contribution in [0.5, 0.6) is 0 Å². The van der Waals surface area contributed by atoms with E-state index in [1.165, 1.54) is 58.0 Å². The standard InChI is InChI=1S/C54H40N6S/c1-4-16-34(17-5-1)48-55-50(58-52(56-48)38-28-29-44-42(33-38)39-22-8-10-25-43(39)54(44)30-12-3-13-31-54)36-20-14-21-37(32-36)51-57-49(35-18-6-2-7-19-35)59-53(60-51)41-24-15-27-46-47(41)40-23-9-11-26-45(40)61-46/h1-2,4-11,14-29,32-33,39,43H,3,12-13,30-31H2. The van der Waals surface area contributed by atoms with Crippen molar-refractivity contribution in [1.82, 2.24) is 29.9 Å². The van der Waals surface area contributed by atoms with Crippen molar-refractivity contribution >= 4 is 31.5 Å². The molecule has 0 radical (unpaired) electrons.